The van der Waals surface area contributed by atoms with E-state index in [0.29, 0.717) is 4.91 Å². The molecule has 1 N–H and O–H groups in total. The average Bonchev–Trinajstić information content (AvgIpc) is 3.02. The largest absolute Gasteiger partial charge is 0.416 e. The molecule has 0 atom stereocenters. The second-order valence-electron chi connectivity index (χ2n) is 6.21. The van der Waals surface area contributed by atoms with Gasteiger partial charge in [0.25, 0.3) is 5.91 Å². The second-order valence-corrected chi connectivity index (χ2v) is 7.65. The van der Waals surface area contributed by atoms with Crippen molar-refractivity contribution in [1.82, 2.24) is 5.32 Å². The van der Waals surface area contributed by atoms with Gasteiger partial charge >= 0.3 is 6.18 Å². The highest BCUT2D eigenvalue weighted by Gasteiger charge is 2.31. The summed E-state index contributed by atoms with van der Waals surface area (Å²) >= 11 is 7.03. The number of amidine groups is 1. The van der Waals surface area contributed by atoms with E-state index in [1.54, 1.807) is 6.08 Å². The number of thioether (sulfide) groups is 1. The number of carbonyl (C=O) groups is 1. The molecule has 0 unspecified atom stereocenters. The van der Waals surface area contributed by atoms with Crippen LogP contribution in [0.1, 0.15) is 11.1 Å². The van der Waals surface area contributed by atoms with Gasteiger partial charge in [0, 0.05) is 0 Å². The van der Waals surface area contributed by atoms with Crippen LogP contribution in [-0.4, -0.2) is 11.1 Å². The number of halogens is 4. The van der Waals surface area contributed by atoms with Gasteiger partial charge in [0.1, 0.15) is 0 Å². The maximum absolute atomic E-state index is 12.9. The van der Waals surface area contributed by atoms with Crippen LogP contribution < -0.4 is 5.32 Å². The van der Waals surface area contributed by atoms with Crippen LogP contribution in [0.15, 0.2) is 70.6 Å². The molecule has 0 aliphatic carbocycles. The maximum atomic E-state index is 12.9. The Kier molecular flexibility index (Phi) is 5.10. The minimum absolute atomic E-state index is 0.0595. The summed E-state index contributed by atoms with van der Waals surface area (Å²) in [5.74, 6) is -0.371. The fourth-order valence-corrected chi connectivity index (χ4v) is 3.87. The first-order valence-electron chi connectivity index (χ1n) is 8.45. The number of alkyl halides is 3. The van der Waals surface area contributed by atoms with E-state index in [4.69, 9.17) is 11.6 Å². The number of carbonyl (C=O) groups excluding carboxylic acids is 1. The van der Waals surface area contributed by atoms with E-state index in [0.717, 1.165) is 46.3 Å². The summed E-state index contributed by atoms with van der Waals surface area (Å²) in [4.78, 5) is 16.8. The van der Waals surface area contributed by atoms with Gasteiger partial charge in [-0.05, 0) is 52.4 Å². The van der Waals surface area contributed by atoms with Crippen LogP contribution in [-0.2, 0) is 11.0 Å². The molecular formula is C21H12ClF3N2OS. The number of fused-ring (bicyclic) bond motifs is 1. The van der Waals surface area contributed by atoms with Gasteiger partial charge < -0.3 is 5.32 Å². The lowest BCUT2D eigenvalue weighted by Gasteiger charge is -2.08. The van der Waals surface area contributed by atoms with Gasteiger partial charge in [-0.3, -0.25) is 4.79 Å². The van der Waals surface area contributed by atoms with Crippen LogP contribution in [0.25, 0.3) is 16.8 Å². The molecule has 8 heteroatoms. The van der Waals surface area contributed by atoms with Gasteiger partial charge in [-0.25, -0.2) is 4.99 Å². The second kappa shape index (κ2) is 7.57. The number of hydrogen-bond donors (Lipinski definition) is 1. The molecule has 3 aromatic carbocycles. The lowest BCUT2D eigenvalue weighted by Crippen LogP contribution is -2.19. The minimum atomic E-state index is -4.51. The standard InChI is InChI=1S/C21H12ClF3N2OS/c22-16-9-8-14(21(23,24)25)11-17(16)26-20-27-19(28)18(29-20)10-13-6-3-5-12-4-1-2-7-15(12)13/h1-11H,(H,26,27,28)/b18-10+. The third kappa shape index (κ3) is 4.16. The van der Waals surface area contributed by atoms with E-state index in [-0.39, 0.29) is 21.8 Å². The topological polar surface area (TPSA) is 41.5 Å². The van der Waals surface area contributed by atoms with Crippen molar-refractivity contribution in [2.24, 2.45) is 4.99 Å². The lowest BCUT2D eigenvalue weighted by atomic mass is 10.0. The highest BCUT2D eigenvalue weighted by atomic mass is 35.5. The van der Waals surface area contributed by atoms with Crippen molar-refractivity contribution in [1.29, 1.82) is 0 Å². The van der Waals surface area contributed by atoms with Crippen LogP contribution in [0.2, 0.25) is 5.02 Å². The summed E-state index contributed by atoms with van der Waals surface area (Å²) in [7, 11) is 0. The molecule has 3 aromatic rings. The Morgan fingerprint density at radius 3 is 2.59 bits per heavy atom. The Balaban J connectivity index is 1.67. The zero-order valence-corrected chi connectivity index (χ0v) is 16.2. The quantitative estimate of drug-likeness (QED) is 0.476. The van der Waals surface area contributed by atoms with Crippen LogP contribution in [0, 0.1) is 0 Å². The molecule has 0 bridgehead atoms. The van der Waals surface area contributed by atoms with E-state index in [1.807, 2.05) is 42.5 Å². The molecule has 4 rings (SSSR count). The summed E-state index contributed by atoms with van der Waals surface area (Å²) in [5.41, 5.74) is -0.0584. The number of nitrogens with one attached hydrogen (secondary N) is 1. The normalized spacial score (nSPS) is 17.3. The van der Waals surface area contributed by atoms with Crippen LogP contribution in [0.3, 0.4) is 0 Å². The third-order valence-corrected chi connectivity index (χ3v) is 5.49. The smallest absolute Gasteiger partial charge is 0.300 e. The Morgan fingerprint density at radius 2 is 1.79 bits per heavy atom. The molecule has 1 aliphatic heterocycles. The van der Waals surface area contributed by atoms with Crippen LogP contribution in [0.5, 0.6) is 0 Å². The Hall–Kier alpha value is -2.77. The van der Waals surface area contributed by atoms with Gasteiger partial charge in [0.05, 0.1) is 21.2 Å². The molecule has 1 amide bonds. The lowest BCUT2D eigenvalue weighted by molar-refractivity contribution is -0.137. The number of aliphatic imine (C=N–C) groups is 1. The van der Waals surface area contributed by atoms with E-state index < -0.39 is 11.7 Å². The van der Waals surface area contributed by atoms with Crippen molar-refractivity contribution in [3.05, 3.63) is 81.7 Å². The first-order chi connectivity index (χ1) is 13.8. The third-order valence-electron chi connectivity index (χ3n) is 4.26. The molecule has 0 aromatic heterocycles. The molecule has 1 aliphatic rings. The molecular weight excluding hydrogens is 421 g/mol. The summed E-state index contributed by atoms with van der Waals surface area (Å²) in [5, 5.41) is 4.83. The molecule has 29 heavy (non-hydrogen) atoms. The van der Waals surface area contributed by atoms with Gasteiger partial charge in [-0.2, -0.15) is 13.2 Å². The van der Waals surface area contributed by atoms with E-state index in [2.05, 4.69) is 10.3 Å². The number of amides is 1. The Bertz CT molecular complexity index is 1180. The summed E-state index contributed by atoms with van der Waals surface area (Å²) < 4.78 is 38.8. The van der Waals surface area contributed by atoms with Gasteiger partial charge in [-0.15, -0.1) is 0 Å². The Morgan fingerprint density at radius 1 is 1.03 bits per heavy atom. The van der Waals surface area contributed by atoms with Gasteiger partial charge in [0.15, 0.2) is 5.17 Å². The van der Waals surface area contributed by atoms with Gasteiger partial charge in [-0.1, -0.05) is 54.1 Å². The molecule has 0 spiro atoms. The zero-order valence-electron chi connectivity index (χ0n) is 14.6. The highest BCUT2D eigenvalue weighted by molar-refractivity contribution is 8.18. The SMILES string of the molecule is O=C1NC(=Nc2cc(C(F)(F)F)ccc2Cl)S/C1=C/c1cccc2ccccc12. The van der Waals surface area contributed by atoms with E-state index in [9.17, 15) is 18.0 Å². The summed E-state index contributed by atoms with van der Waals surface area (Å²) in [6.45, 7) is 0. The van der Waals surface area contributed by atoms with Crippen LogP contribution in [0.4, 0.5) is 18.9 Å². The number of nitrogens with zero attached hydrogens (tertiary/aromatic N) is 1. The first-order valence-corrected chi connectivity index (χ1v) is 9.65. The minimum Gasteiger partial charge on any atom is -0.300 e. The number of benzene rings is 3. The molecule has 1 saturated heterocycles. The average molecular weight is 433 g/mol. The van der Waals surface area contributed by atoms with Crippen molar-refractivity contribution < 1.29 is 18.0 Å². The molecule has 0 radical (unpaired) electrons. The molecule has 1 heterocycles. The Labute approximate surface area is 173 Å². The molecule has 146 valence electrons. The van der Waals surface area contributed by atoms with Crippen molar-refractivity contribution in [2.45, 2.75) is 6.18 Å². The predicted molar refractivity (Wildman–Crippen MR) is 111 cm³/mol. The van der Waals surface area contributed by atoms with E-state index in [1.165, 1.54) is 0 Å². The summed E-state index contributed by atoms with van der Waals surface area (Å²) in [6, 6.07) is 16.4. The molecule has 3 nitrogen and oxygen atoms in total. The van der Waals surface area contributed by atoms with Crippen molar-refractivity contribution >= 4 is 57.0 Å². The fourth-order valence-electron chi connectivity index (χ4n) is 2.88. The van der Waals surface area contributed by atoms with Gasteiger partial charge in [0.2, 0.25) is 0 Å². The highest BCUT2D eigenvalue weighted by Crippen LogP contribution is 2.36. The maximum Gasteiger partial charge on any atom is 0.416 e. The van der Waals surface area contributed by atoms with Crippen LogP contribution >= 0.6 is 23.4 Å². The van der Waals surface area contributed by atoms with Crippen molar-refractivity contribution in [2.75, 3.05) is 0 Å². The molecule has 0 saturated carbocycles. The monoisotopic (exact) mass is 432 g/mol. The number of rotatable bonds is 2. The predicted octanol–water partition coefficient (Wildman–Crippen LogP) is 6.40. The summed E-state index contributed by atoms with van der Waals surface area (Å²) in [6.07, 6.45) is -2.77. The number of hydrogen-bond acceptors (Lipinski definition) is 3. The first kappa shape index (κ1) is 19.5. The van der Waals surface area contributed by atoms with Crippen molar-refractivity contribution in [3.8, 4) is 0 Å². The fraction of sp³-hybridized carbons (Fsp3) is 0.0476. The molecule has 1 fully saturated rings. The van der Waals surface area contributed by atoms with Crippen molar-refractivity contribution in [3.63, 3.8) is 0 Å². The van der Waals surface area contributed by atoms with E-state index >= 15 is 0 Å². The zero-order chi connectivity index (χ0) is 20.6.